The summed E-state index contributed by atoms with van der Waals surface area (Å²) >= 11 is 0. The second-order valence-electron chi connectivity index (χ2n) is 6.82. The molecule has 1 saturated heterocycles. The Morgan fingerprint density at radius 3 is 2.63 bits per heavy atom. The minimum Gasteiger partial charge on any atom is -0.364 e. The number of anilines is 2. The van der Waals surface area contributed by atoms with Crippen molar-refractivity contribution in [3.63, 3.8) is 0 Å². The first-order valence-electron chi connectivity index (χ1n) is 9.50. The number of piperazine rings is 1. The van der Waals surface area contributed by atoms with E-state index in [1.54, 1.807) is 0 Å². The Balaban J connectivity index is 1.54. The Bertz CT molecular complexity index is 875. The van der Waals surface area contributed by atoms with Crippen LogP contribution in [0.25, 0.3) is 11.3 Å². The highest BCUT2D eigenvalue weighted by Gasteiger charge is 2.13. The molecule has 27 heavy (non-hydrogen) atoms. The predicted molar refractivity (Wildman–Crippen MR) is 111 cm³/mol. The molecular formula is C22H25N5. The molecule has 5 heteroatoms. The van der Waals surface area contributed by atoms with Crippen molar-refractivity contribution in [3.05, 3.63) is 72.4 Å². The topological polar surface area (TPSA) is 53.1 Å². The van der Waals surface area contributed by atoms with Gasteiger partial charge in [0.05, 0.1) is 5.69 Å². The molecule has 0 bridgehead atoms. The standard InChI is InChI=1S/C22H25N5/c1-17(18-6-3-2-4-7-18)25-21-16-19(10-11-24-21)20-8-5-9-22(26-20)27-14-12-23-13-15-27/h2-11,16-17,23H,12-15H2,1H3,(H,24,25)/t17-/m1/s1. The Kier molecular flexibility index (Phi) is 5.30. The molecule has 2 N–H and O–H groups in total. The van der Waals surface area contributed by atoms with Crippen molar-refractivity contribution in [2.24, 2.45) is 0 Å². The van der Waals surface area contributed by atoms with E-state index in [0.717, 1.165) is 49.1 Å². The fraction of sp³-hybridized carbons (Fsp3) is 0.273. The van der Waals surface area contributed by atoms with Crippen molar-refractivity contribution >= 4 is 11.6 Å². The maximum Gasteiger partial charge on any atom is 0.129 e. The largest absolute Gasteiger partial charge is 0.364 e. The van der Waals surface area contributed by atoms with E-state index in [4.69, 9.17) is 4.98 Å². The molecule has 0 unspecified atom stereocenters. The molecular weight excluding hydrogens is 334 g/mol. The number of nitrogens with zero attached hydrogens (tertiary/aromatic N) is 3. The Labute approximate surface area is 160 Å². The van der Waals surface area contributed by atoms with Gasteiger partial charge in [0.1, 0.15) is 11.6 Å². The zero-order valence-corrected chi connectivity index (χ0v) is 15.6. The van der Waals surface area contributed by atoms with Gasteiger partial charge >= 0.3 is 0 Å². The zero-order valence-electron chi connectivity index (χ0n) is 15.6. The van der Waals surface area contributed by atoms with E-state index < -0.39 is 0 Å². The molecule has 4 rings (SSSR count). The number of rotatable bonds is 5. The third kappa shape index (κ3) is 4.26. The normalized spacial score (nSPS) is 15.4. The number of hydrogen-bond donors (Lipinski definition) is 2. The van der Waals surface area contributed by atoms with Gasteiger partial charge in [0.15, 0.2) is 0 Å². The van der Waals surface area contributed by atoms with Crippen LogP contribution in [-0.4, -0.2) is 36.1 Å². The Morgan fingerprint density at radius 1 is 1.00 bits per heavy atom. The van der Waals surface area contributed by atoms with Crippen LogP contribution < -0.4 is 15.5 Å². The quantitative estimate of drug-likeness (QED) is 0.727. The lowest BCUT2D eigenvalue weighted by Gasteiger charge is -2.28. The summed E-state index contributed by atoms with van der Waals surface area (Å²) in [5, 5.41) is 6.87. The first-order valence-corrected chi connectivity index (χ1v) is 9.50. The fourth-order valence-corrected chi connectivity index (χ4v) is 3.37. The monoisotopic (exact) mass is 359 g/mol. The molecule has 0 aliphatic carbocycles. The molecule has 0 spiro atoms. The summed E-state index contributed by atoms with van der Waals surface area (Å²) in [6.07, 6.45) is 1.84. The summed E-state index contributed by atoms with van der Waals surface area (Å²) in [6.45, 7) is 6.15. The first kappa shape index (κ1) is 17.5. The van der Waals surface area contributed by atoms with Crippen LogP contribution in [0.1, 0.15) is 18.5 Å². The third-order valence-electron chi connectivity index (χ3n) is 4.90. The van der Waals surface area contributed by atoms with E-state index >= 15 is 0 Å². The van der Waals surface area contributed by atoms with Gasteiger partial charge in [0.25, 0.3) is 0 Å². The fourth-order valence-electron chi connectivity index (χ4n) is 3.37. The second-order valence-corrected chi connectivity index (χ2v) is 6.82. The SMILES string of the molecule is C[C@@H](Nc1cc(-c2cccc(N3CCNCC3)n2)ccn1)c1ccccc1. The van der Waals surface area contributed by atoms with Crippen molar-refractivity contribution in [2.75, 3.05) is 36.4 Å². The van der Waals surface area contributed by atoms with Crippen LogP contribution in [0.5, 0.6) is 0 Å². The smallest absolute Gasteiger partial charge is 0.129 e. The van der Waals surface area contributed by atoms with Crippen molar-refractivity contribution in [3.8, 4) is 11.3 Å². The highest BCUT2D eigenvalue weighted by Crippen LogP contribution is 2.24. The predicted octanol–water partition coefficient (Wildman–Crippen LogP) is 3.73. The molecule has 3 aromatic rings. The molecule has 138 valence electrons. The maximum absolute atomic E-state index is 4.89. The van der Waals surface area contributed by atoms with Crippen LogP contribution in [-0.2, 0) is 0 Å². The van der Waals surface area contributed by atoms with Crippen molar-refractivity contribution in [2.45, 2.75) is 13.0 Å². The average molecular weight is 359 g/mol. The average Bonchev–Trinajstić information content (AvgIpc) is 2.75. The molecule has 3 heterocycles. The van der Waals surface area contributed by atoms with Crippen LogP contribution in [0.4, 0.5) is 11.6 Å². The molecule has 0 radical (unpaired) electrons. The minimum absolute atomic E-state index is 0.189. The summed E-state index contributed by atoms with van der Waals surface area (Å²) in [5.74, 6) is 1.90. The second kappa shape index (κ2) is 8.18. The van der Waals surface area contributed by atoms with Gasteiger partial charge < -0.3 is 15.5 Å². The molecule has 2 aromatic heterocycles. The number of nitrogens with one attached hydrogen (secondary N) is 2. The molecule has 0 saturated carbocycles. The first-order chi connectivity index (χ1) is 13.3. The number of hydrogen-bond acceptors (Lipinski definition) is 5. The van der Waals surface area contributed by atoms with Crippen LogP contribution >= 0.6 is 0 Å². The molecule has 5 nitrogen and oxygen atoms in total. The summed E-state index contributed by atoms with van der Waals surface area (Å²) in [5.41, 5.74) is 3.29. The zero-order chi connectivity index (χ0) is 18.5. The van der Waals surface area contributed by atoms with Gasteiger partial charge in [-0.25, -0.2) is 9.97 Å². The molecule has 1 aromatic carbocycles. The summed E-state index contributed by atoms with van der Waals surface area (Å²) < 4.78 is 0. The van der Waals surface area contributed by atoms with Gasteiger partial charge in [-0.3, -0.25) is 0 Å². The molecule has 1 atom stereocenters. The summed E-state index contributed by atoms with van der Waals surface area (Å²) in [4.78, 5) is 11.7. The van der Waals surface area contributed by atoms with E-state index in [2.05, 4.69) is 76.0 Å². The van der Waals surface area contributed by atoms with Gasteiger partial charge in [-0.1, -0.05) is 36.4 Å². The maximum atomic E-state index is 4.89. The lowest BCUT2D eigenvalue weighted by Crippen LogP contribution is -2.43. The molecule has 1 aliphatic rings. The highest BCUT2D eigenvalue weighted by molar-refractivity contribution is 5.64. The van der Waals surface area contributed by atoms with Gasteiger partial charge in [-0.15, -0.1) is 0 Å². The summed E-state index contributed by atoms with van der Waals surface area (Å²) in [7, 11) is 0. The number of benzene rings is 1. The minimum atomic E-state index is 0.189. The third-order valence-corrected chi connectivity index (χ3v) is 4.90. The van der Waals surface area contributed by atoms with E-state index in [0.29, 0.717) is 0 Å². The number of aromatic nitrogens is 2. The van der Waals surface area contributed by atoms with Gasteiger partial charge in [0.2, 0.25) is 0 Å². The Hall–Kier alpha value is -2.92. The molecule has 1 aliphatic heterocycles. The van der Waals surface area contributed by atoms with Gasteiger partial charge in [-0.2, -0.15) is 0 Å². The van der Waals surface area contributed by atoms with Crippen LogP contribution in [0.2, 0.25) is 0 Å². The highest BCUT2D eigenvalue weighted by atomic mass is 15.2. The van der Waals surface area contributed by atoms with E-state index in [-0.39, 0.29) is 6.04 Å². The number of pyridine rings is 2. The van der Waals surface area contributed by atoms with Crippen LogP contribution in [0, 0.1) is 0 Å². The molecule has 1 fully saturated rings. The molecule has 0 amide bonds. The van der Waals surface area contributed by atoms with Gasteiger partial charge in [0, 0.05) is 44.0 Å². The van der Waals surface area contributed by atoms with Crippen LogP contribution in [0.3, 0.4) is 0 Å². The van der Waals surface area contributed by atoms with E-state index in [1.807, 2.05) is 18.3 Å². The lowest BCUT2D eigenvalue weighted by molar-refractivity contribution is 0.585. The Morgan fingerprint density at radius 2 is 1.81 bits per heavy atom. The van der Waals surface area contributed by atoms with Crippen LogP contribution in [0.15, 0.2) is 66.9 Å². The summed E-state index contributed by atoms with van der Waals surface area (Å²) in [6, 6.07) is 20.9. The van der Waals surface area contributed by atoms with Crippen molar-refractivity contribution in [1.29, 1.82) is 0 Å². The van der Waals surface area contributed by atoms with E-state index in [9.17, 15) is 0 Å². The van der Waals surface area contributed by atoms with Crippen molar-refractivity contribution < 1.29 is 0 Å². The van der Waals surface area contributed by atoms with Crippen molar-refractivity contribution in [1.82, 2.24) is 15.3 Å². The van der Waals surface area contributed by atoms with E-state index in [1.165, 1.54) is 5.56 Å². The van der Waals surface area contributed by atoms with Gasteiger partial charge in [-0.05, 0) is 36.8 Å². The lowest BCUT2D eigenvalue weighted by atomic mass is 10.1.